The second-order valence-corrected chi connectivity index (χ2v) is 8.48. The van der Waals surface area contributed by atoms with Gasteiger partial charge >= 0.3 is 31.7 Å². The zero-order valence-electron chi connectivity index (χ0n) is 20.0. The van der Waals surface area contributed by atoms with Gasteiger partial charge in [0, 0.05) is 0 Å². The Balaban J connectivity index is -0.000000214. The lowest BCUT2D eigenvalue weighted by Crippen LogP contribution is -2.46. The van der Waals surface area contributed by atoms with Crippen molar-refractivity contribution in [3.05, 3.63) is 0 Å². The minimum atomic E-state index is -4.64. The predicted octanol–water partition coefficient (Wildman–Crippen LogP) is -5.50. The van der Waals surface area contributed by atoms with Crippen molar-refractivity contribution < 1.29 is 94.3 Å². The van der Waals surface area contributed by atoms with Gasteiger partial charge in [-0.25, -0.2) is 9.36 Å². The zero-order valence-corrected chi connectivity index (χ0v) is 20.8. The van der Waals surface area contributed by atoms with Crippen LogP contribution in [0.25, 0.3) is 0 Å². The lowest BCUT2D eigenvalue weighted by molar-refractivity contribution is -0.170. The second kappa shape index (κ2) is 20.4. The Morgan fingerprint density at radius 3 is 1.37 bits per heavy atom. The van der Waals surface area contributed by atoms with Crippen molar-refractivity contribution in [2.45, 2.75) is 62.7 Å². The summed E-state index contributed by atoms with van der Waals surface area (Å²) in [5.74, 6) is -5.93. The summed E-state index contributed by atoms with van der Waals surface area (Å²) in [4.78, 5) is 72.0. The minimum absolute atomic E-state index is 0.0208. The highest BCUT2D eigenvalue weighted by Crippen LogP contribution is 2.25. The van der Waals surface area contributed by atoms with Gasteiger partial charge in [-0.05, 0) is 5.92 Å². The highest BCUT2D eigenvalue weighted by molar-refractivity contribution is 7.45. The summed E-state index contributed by atoms with van der Waals surface area (Å²) in [7, 11) is -4.64. The van der Waals surface area contributed by atoms with Gasteiger partial charge in [0.1, 0.15) is 30.5 Å². The molecule has 15 N–H and O–H groups in total. The van der Waals surface area contributed by atoms with E-state index < -0.39 is 87.2 Å². The standard InChI is InChI=1S/C6H8O7.C6H12O6.C5H11NO2.H3O4P/c7-3(8)1-6(13,5(11)12)2-4(9)10;7-1-3(9)5(11)6(12)4(10)2-8;1-3(2)4(6)5(7)8;1-5(2,3)4/h13H,1-2H2,(H,7,8)(H,9,10)(H,11,12);1,3-6,8-12H,2H2;3-4H,6H2,1-2H3,(H,7,8);(H3,1,2,3,4). The van der Waals surface area contributed by atoms with Crippen LogP contribution in [0.2, 0.25) is 0 Å². The molecule has 5 atom stereocenters. The molecule has 0 aromatic carbocycles. The number of aliphatic carboxylic acids is 4. The van der Waals surface area contributed by atoms with E-state index in [-0.39, 0.29) is 12.2 Å². The first-order valence-corrected chi connectivity index (χ1v) is 11.4. The molecule has 0 saturated heterocycles. The topological polar surface area (TPSA) is 391 Å². The lowest BCUT2D eigenvalue weighted by Gasteiger charge is -2.22. The molecule has 0 rings (SSSR count). The third-order valence-corrected chi connectivity index (χ3v) is 3.71. The average molecular weight is 587 g/mol. The van der Waals surface area contributed by atoms with E-state index in [4.69, 9.17) is 76.0 Å². The highest BCUT2D eigenvalue weighted by Gasteiger charge is 2.40. The van der Waals surface area contributed by atoms with Gasteiger partial charge in [0.15, 0.2) is 11.9 Å². The van der Waals surface area contributed by atoms with E-state index in [0.29, 0.717) is 0 Å². The van der Waals surface area contributed by atoms with Crippen molar-refractivity contribution in [3.8, 4) is 0 Å². The van der Waals surface area contributed by atoms with Crippen LogP contribution >= 0.6 is 7.82 Å². The normalized spacial score (nSPS) is 14.9. The van der Waals surface area contributed by atoms with E-state index >= 15 is 0 Å². The number of carboxylic acids is 4. The number of nitrogens with two attached hydrogens (primary N) is 1. The van der Waals surface area contributed by atoms with Crippen molar-refractivity contribution in [1.82, 2.24) is 0 Å². The van der Waals surface area contributed by atoms with E-state index in [0.717, 1.165) is 0 Å². The van der Waals surface area contributed by atoms with Gasteiger partial charge in [0.25, 0.3) is 0 Å². The largest absolute Gasteiger partial charge is 0.481 e. The van der Waals surface area contributed by atoms with E-state index in [1.54, 1.807) is 13.8 Å². The molecule has 0 bridgehead atoms. The van der Waals surface area contributed by atoms with Crippen LogP contribution in [0.3, 0.4) is 0 Å². The minimum Gasteiger partial charge on any atom is -0.481 e. The van der Waals surface area contributed by atoms with Crippen LogP contribution in [0.4, 0.5) is 0 Å². The smallest absolute Gasteiger partial charge is 0.466 e. The molecular formula is C17H34NO19P. The fourth-order valence-electron chi connectivity index (χ4n) is 1.62. The molecule has 226 valence electrons. The number of hydrogen-bond acceptors (Lipinski definition) is 13. The number of aliphatic hydroxyl groups excluding tert-OH is 5. The number of carbonyl (C=O) groups is 5. The molecule has 0 aromatic heterocycles. The van der Waals surface area contributed by atoms with Crippen molar-refractivity contribution in [2.24, 2.45) is 11.7 Å². The molecule has 0 aliphatic carbocycles. The van der Waals surface area contributed by atoms with Crippen LogP contribution in [0, 0.1) is 5.92 Å². The van der Waals surface area contributed by atoms with E-state index in [9.17, 15) is 24.0 Å². The number of carboxylic acid groups (broad SMARTS) is 4. The summed E-state index contributed by atoms with van der Waals surface area (Å²) in [5, 5.41) is 85.6. The molecule has 0 aromatic rings. The van der Waals surface area contributed by atoms with Crippen LogP contribution < -0.4 is 5.73 Å². The molecule has 0 saturated carbocycles. The third kappa shape index (κ3) is 25.0. The van der Waals surface area contributed by atoms with Crippen molar-refractivity contribution in [3.63, 3.8) is 0 Å². The summed E-state index contributed by atoms with van der Waals surface area (Å²) in [6.07, 6.45) is -9.13. The Hall–Kier alpha value is -2.62. The maximum absolute atomic E-state index is 10.3. The molecule has 0 spiro atoms. The Labute approximate surface area is 214 Å². The summed E-state index contributed by atoms with van der Waals surface area (Å²) >= 11 is 0. The van der Waals surface area contributed by atoms with Gasteiger partial charge in [0.2, 0.25) is 0 Å². The van der Waals surface area contributed by atoms with Crippen LogP contribution in [-0.2, 0) is 28.5 Å². The first-order chi connectivity index (χ1) is 16.9. The van der Waals surface area contributed by atoms with Gasteiger partial charge in [-0.3, -0.25) is 14.4 Å². The monoisotopic (exact) mass is 587 g/mol. The van der Waals surface area contributed by atoms with Crippen molar-refractivity contribution in [1.29, 1.82) is 0 Å². The Morgan fingerprint density at radius 2 is 1.21 bits per heavy atom. The third-order valence-electron chi connectivity index (χ3n) is 3.71. The first kappa shape index (κ1) is 42.5. The van der Waals surface area contributed by atoms with Crippen LogP contribution in [0.1, 0.15) is 26.7 Å². The maximum Gasteiger partial charge on any atom is 0.466 e. The number of hydrogen-bond donors (Lipinski definition) is 14. The first-order valence-electron chi connectivity index (χ1n) is 9.82. The molecule has 0 aliphatic rings. The molecule has 0 radical (unpaired) electrons. The van der Waals surface area contributed by atoms with Gasteiger partial charge in [-0.2, -0.15) is 0 Å². The zero-order chi connectivity index (χ0) is 31.6. The predicted molar refractivity (Wildman–Crippen MR) is 119 cm³/mol. The van der Waals surface area contributed by atoms with Gasteiger partial charge in [0.05, 0.1) is 19.4 Å². The average Bonchev–Trinajstić information content (AvgIpc) is 2.74. The summed E-state index contributed by atoms with van der Waals surface area (Å²) < 4.78 is 8.88. The lowest BCUT2D eigenvalue weighted by atomic mass is 9.96. The fraction of sp³-hybridized carbons (Fsp3) is 0.706. The molecule has 20 nitrogen and oxygen atoms in total. The highest BCUT2D eigenvalue weighted by atomic mass is 31.2. The van der Waals surface area contributed by atoms with E-state index in [1.807, 2.05) is 0 Å². The van der Waals surface area contributed by atoms with Gasteiger partial charge in [-0.15, -0.1) is 0 Å². The van der Waals surface area contributed by atoms with E-state index in [1.165, 1.54) is 0 Å². The van der Waals surface area contributed by atoms with Crippen molar-refractivity contribution >= 4 is 38.0 Å². The SMILES string of the molecule is CC(C)C(N)C(=O)O.O=C(O)CC(O)(CC(=O)O)C(=O)O.O=CC(O)C(O)C(O)C(O)CO.O=P(O)(O)O. The van der Waals surface area contributed by atoms with Crippen LogP contribution in [0.5, 0.6) is 0 Å². The Morgan fingerprint density at radius 1 is 0.868 bits per heavy atom. The number of aliphatic hydroxyl groups is 6. The molecule has 0 fully saturated rings. The summed E-state index contributed by atoms with van der Waals surface area (Å²) in [5.41, 5.74) is 2.42. The van der Waals surface area contributed by atoms with Gasteiger partial charge < -0.3 is 76.3 Å². The Kier molecular flexibility index (Phi) is 22.7. The summed E-state index contributed by atoms with van der Waals surface area (Å²) in [6, 6.07) is -0.713. The molecule has 0 heterocycles. The number of aldehydes is 1. The quantitative estimate of drug-likeness (QED) is 0.0747. The molecule has 21 heteroatoms. The number of rotatable bonds is 12. The maximum atomic E-state index is 10.3. The number of carbonyl (C=O) groups excluding carboxylic acids is 1. The Bertz CT molecular complexity index is 759. The molecule has 38 heavy (non-hydrogen) atoms. The summed E-state index contributed by atoms with van der Waals surface area (Å²) in [6.45, 7) is 2.79. The molecular weight excluding hydrogens is 553 g/mol. The fourth-order valence-corrected chi connectivity index (χ4v) is 1.62. The number of phosphoric acid groups is 1. The van der Waals surface area contributed by atoms with Crippen molar-refractivity contribution in [2.75, 3.05) is 6.61 Å². The van der Waals surface area contributed by atoms with E-state index in [2.05, 4.69) is 0 Å². The molecule has 0 amide bonds. The molecule has 5 unspecified atom stereocenters. The van der Waals surface area contributed by atoms with Crippen LogP contribution in [-0.4, -0.2) is 139 Å². The van der Waals surface area contributed by atoms with Gasteiger partial charge in [-0.1, -0.05) is 13.8 Å². The second-order valence-electron chi connectivity index (χ2n) is 7.46. The molecule has 0 aliphatic heterocycles. The van der Waals surface area contributed by atoms with Crippen LogP contribution in [0.15, 0.2) is 0 Å².